The molecule has 0 radical (unpaired) electrons. The van der Waals surface area contributed by atoms with Crippen LogP contribution in [0.15, 0.2) is 46.4 Å². The van der Waals surface area contributed by atoms with E-state index in [-0.39, 0.29) is 0 Å². The van der Waals surface area contributed by atoms with Crippen molar-refractivity contribution in [2.24, 2.45) is 0 Å². The summed E-state index contributed by atoms with van der Waals surface area (Å²) in [5.74, 6) is 0. The molecule has 0 aliphatic heterocycles. The van der Waals surface area contributed by atoms with Gasteiger partial charge in [-0.25, -0.2) is 0 Å². The van der Waals surface area contributed by atoms with E-state index in [1.54, 1.807) is 0 Å². The summed E-state index contributed by atoms with van der Waals surface area (Å²) in [6, 6.07) is 4.45. The number of unbranched alkanes of at least 4 members (excludes halogenated alkanes) is 2. The molecule has 0 aliphatic carbocycles. The molecule has 1 rings (SSSR count). The molecule has 0 spiro atoms. The van der Waals surface area contributed by atoms with E-state index < -0.39 is 0 Å². The van der Waals surface area contributed by atoms with E-state index in [1.807, 2.05) is 12.2 Å². The minimum absolute atomic E-state index is 0.879. The van der Waals surface area contributed by atoms with Crippen LogP contribution in [-0.4, -0.2) is 6.54 Å². The number of hydrogen-bond acceptors (Lipinski definition) is 1. The van der Waals surface area contributed by atoms with Crippen LogP contribution in [0.4, 0.5) is 0 Å². The molecule has 1 nitrogen and oxygen atoms in total. The first-order valence-corrected chi connectivity index (χ1v) is 8.67. The molecule has 0 fully saturated rings. The number of nitrogens with one attached hydrogen (secondary N) is 1. The molecular formula is C17H23Br2N. The lowest BCUT2D eigenvalue weighted by molar-refractivity contribution is 0.692. The highest BCUT2D eigenvalue weighted by molar-refractivity contribution is 9.11. The third-order valence-electron chi connectivity index (χ3n) is 3.16. The van der Waals surface area contributed by atoms with Gasteiger partial charge in [0.2, 0.25) is 0 Å². The number of rotatable bonds is 10. The maximum absolute atomic E-state index is 3.76. The first kappa shape index (κ1) is 17.7. The number of halogens is 2. The van der Waals surface area contributed by atoms with Gasteiger partial charge in [-0.05, 0) is 61.9 Å². The van der Waals surface area contributed by atoms with Crippen LogP contribution in [0.5, 0.6) is 0 Å². The average molecular weight is 401 g/mol. The number of aryl methyl sites for hydroxylation is 1. The van der Waals surface area contributed by atoms with Gasteiger partial charge in [-0.3, -0.25) is 0 Å². The van der Waals surface area contributed by atoms with Crippen LogP contribution in [0.1, 0.15) is 36.8 Å². The third-order valence-corrected chi connectivity index (χ3v) is 4.64. The molecule has 1 N–H and O–H groups in total. The van der Waals surface area contributed by atoms with Gasteiger partial charge in [-0.1, -0.05) is 44.0 Å². The van der Waals surface area contributed by atoms with Crippen LogP contribution in [0.3, 0.4) is 0 Å². The normalized spacial score (nSPS) is 10.5. The zero-order valence-electron chi connectivity index (χ0n) is 11.9. The van der Waals surface area contributed by atoms with Crippen molar-refractivity contribution in [2.75, 3.05) is 6.54 Å². The highest BCUT2D eigenvalue weighted by Gasteiger charge is 2.06. The molecule has 0 saturated heterocycles. The van der Waals surface area contributed by atoms with Crippen LogP contribution in [0.2, 0.25) is 0 Å². The molecule has 1 aromatic carbocycles. The standard InChI is InChI=1S/C17H23Br2N/c1-3-5-7-8-9-14-11-17(19)15(12-16(14)18)13-20-10-6-4-2/h3-4,11-12,20H,1-2,5-10,13H2. The summed E-state index contributed by atoms with van der Waals surface area (Å²) < 4.78 is 2.39. The van der Waals surface area contributed by atoms with Gasteiger partial charge in [0.1, 0.15) is 0 Å². The van der Waals surface area contributed by atoms with Gasteiger partial charge < -0.3 is 5.32 Å². The predicted octanol–water partition coefficient (Wildman–Crippen LogP) is 5.78. The van der Waals surface area contributed by atoms with Crippen molar-refractivity contribution in [3.8, 4) is 0 Å². The summed E-state index contributed by atoms with van der Waals surface area (Å²) in [6.45, 7) is 9.34. The summed E-state index contributed by atoms with van der Waals surface area (Å²) in [6.07, 6.45) is 9.54. The Bertz CT molecular complexity index is 399. The van der Waals surface area contributed by atoms with E-state index >= 15 is 0 Å². The van der Waals surface area contributed by atoms with Gasteiger partial charge in [0.25, 0.3) is 0 Å². The lowest BCUT2D eigenvalue weighted by Crippen LogP contribution is -2.14. The largest absolute Gasteiger partial charge is 0.312 e. The average Bonchev–Trinajstić information content (AvgIpc) is 2.44. The fourth-order valence-electron chi connectivity index (χ4n) is 1.99. The molecule has 0 unspecified atom stereocenters. The van der Waals surface area contributed by atoms with E-state index in [0.29, 0.717) is 0 Å². The first-order valence-electron chi connectivity index (χ1n) is 7.08. The van der Waals surface area contributed by atoms with Gasteiger partial charge in [0.15, 0.2) is 0 Å². The molecule has 110 valence electrons. The smallest absolute Gasteiger partial charge is 0.0223 e. The van der Waals surface area contributed by atoms with Gasteiger partial charge >= 0.3 is 0 Å². The molecule has 20 heavy (non-hydrogen) atoms. The SMILES string of the molecule is C=CCCCCc1cc(Br)c(CNCCC=C)cc1Br. The Morgan fingerprint density at radius 2 is 1.60 bits per heavy atom. The molecular weight excluding hydrogens is 378 g/mol. The number of benzene rings is 1. The highest BCUT2D eigenvalue weighted by Crippen LogP contribution is 2.27. The summed E-state index contributed by atoms with van der Waals surface area (Å²) >= 11 is 7.36. The zero-order chi connectivity index (χ0) is 14.8. The lowest BCUT2D eigenvalue weighted by atomic mass is 10.0. The topological polar surface area (TPSA) is 12.0 Å². The molecule has 0 aliphatic rings. The fourth-order valence-corrected chi connectivity index (χ4v) is 3.11. The molecule has 0 heterocycles. The minimum Gasteiger partial charge on any atom is -0.312 e. The van der Waals surface area contributed by atoms with Gasteiger partial charge in [0.05, 0.1) is 0 Å². The Morgan fingerprint density at radius 3 is 2.30 bits per heavy atom. The highest BCUT2D eigenvalue weighted by atomic mass is 79.9. The monoisotopic (exact) mass is 399 g/mol. The Kier molecular flexibility index (Phi) is 9.16. The van der Waals surface area contributed by atoms with E-state index in [1.165, 1.54) is 32.9 Å². The van der Waals surface area contributed by atoms with E-state index in [2.05, 4.69) is 62.5 Å². The molecule has 0 saturated carbocycles. The van der Waals surface area contributed by atoms with Crippen molar-refractivity contribution >= 4 is 31.9 Å². The molecule has 0 aromatic heterocycles. The van der Waals surface area contributed by atoms with Gasteiger partial charge in [-0.15, -0.1) is 13.2 Å². The second-order valence-corrected chi connectivity index (χ2v) is 6.53. The lowest BCUT2D eigenvalue weighted by Gasteiger charge is -2.11. The van der Waals surface area contributed by atoms with Crippen molar-refractivity contribution < 1.29 is 0 Å². The summed E-state index contributed by atoms with van der Waals surface area (Å²) in [7, 11) is 0. The summed E-state index contributed by atoms with van der Waals surface area (Å²) in [4.78, 5) is 0. The summed E-state index contributed by atoms with van der Waals surface area (Å²) in [5, 5.41) is 3.42. The third kappa shape index (κ3) is 6.38. The quantitative estimate of drug-likeness (QED) is 0.388. The van der Waals surface area contributed by atoms with Gasteiger partial charge in [-0.2, -0.15) is 0 Å². The number of allylic oxidation sites excluding steroid dienone is 1. The zero-order valence-corrected chi connectivity index (χ0v) is 15.1. The van der Waals surface area contributed by atoms with Crippen LogP contribution < -0.4 is 5.32 Å². The Balaban J connectivity index is 2.56. The molecule has 3 heteroatoms. The number of hydrogen-bond donors (Lipinski definition) is 1. The molecule has 0 amide bonds. The van der Waals surface area contributed by atoms with Crippen molar-refractivity contribution in [3.63, 3.8) is 0 Å². The predicted molar refractivity (Wildman–Crippen MR) is 96.1 cm³/mol. The molecule has 1 aromatic rings. The molecule has 0 bridgehead atoms. The van der Waals surface area contributed by atoms with Crippen LogP contribution in [0.25, 0.3) is 0 Å². The minimum atomic E-state index is 0.879. The van der Waals surface area contributed by atoms with E-state index in [0.717, 1.165) is 32.4 Å². The molecule has 0 atom stereocenters. The van der Waals surface area contributed by atoms with Crippen LogP contribution >= 0.6 is 31.9 Å². The Morgan fingerprint density at radius 1 is 0.950 bits per heavy atom. The van der Waals surface area contributed by atoms with Crippen LogP contribution in [-0.2, 0) is 13.0 Å². The second-order valence-electron chi connectivity index (χ2n) is 4.82. The van der Waals surface area contributed by atoms with E-state index in [9.17, 15) is 0 Å². The van der Waals surface area contributed by atoms with Crippen LogP contribution in [0, 0.1) is 0 Å². The maximum atomic E-state index is 3.76. The second kappa shape index (κ2) is 10.4. The van der Waals surface area contributed by atoms with Crippen molar-refractivity contribution in [1.82, 2.24) is 5.32 Å². The van der Waals surface area contributed by atoms with Crippen molar-refractivity contribution in [3.05, 3.63) is 57.5 Å². The van der Waals surface area contributed by atoms with Gasteiger partial charge in [0, 0.05) is 15.5 Å². The van der Waals surface area contributed by atoms with Crippen molar-refractivity contribution in [1.29, 1.82) is 0 Å². The maximum Gasteiger partial charge on any atom is 0.0223 e. The Labute approximate surface area is 139 Å². The Hall–Kier alpha value is -0.380. The van der Waals surface area contributed by atoms with Crippen molar-refractivity contribution in [2.45, 2.75) is 38.6 Å². The van der Waals surface area contributed by atoms with E-state index in [4.69, 9.17) is 0 Å². The first-order chi connectivity index (χ1) is 9.69. The summed E-state index contributed by atoms with van der Waals surface area (Å²) in [5.41, 5.74) is 2.66. The fraction of sp³-hybridized carbons (Fsp3) is 0.412.